The number of hydrogen-bond donors (Lipinski definition) is 2. The second kappa shape index (κ2) is 7.65. The lowest BCUT2D eigenvalue weighted by Gasteiger charge is -2.09. The summed E-state index contributed by atoms with van der Waals surface area (Å²) < 4.78 is 4.84. The molecule has 0 aliphatic carbocycles. The van der Waals surface area contributed by atoms with E-state index < -0.39 is 6.10 Å². The number of ether oxygens (including phenoxy) is 1. The number of thiophene rings is 1. The molecule has 2 heterocycles. The highest BCUT2D eigenvalue weighted by molar-refractivity contribution is 7.17. The zero-order chi connectivity index (χ0) is 15.2. The molecule has 0 bridgehead atoms. The molecular weight excluding hydrogens is 308 g/mol. The van der Waals surface area contributed by atoms with E-state index in [0.717, 1.165) is 16.3 Å². The first-order chi connectivity index (χ1) is 10.1. The molecule has 21 heavy (non-hydrogen) atoms. The number of carbonyl (C=O) groups excluding carboxylic acids is 1. The number of aliphatic hydroxyl groups is 1. The highest BCUT2D eigenvalue weighted by Crippen LogP contribution is 2.29. The number of aryl methyl sites for hydroxylation is 1. The molecule has 2 aromatic rings. The monoisotopic (exact) mass is 326 g/mol. The van der Waals surface area contributed by atoms with Gasteiger partial charge >= 0.3 is 0 Å². The maximum absolute atomic E-state index is 12.1. The summed E-state index contributed by atoms with van der Waals surface area (Å²) in [5.74, 6) is -0.143. The number of nitrogens with one attached hydrogen (secondary N) is 1. The number of carbonyl (C=O) groups is 1. The lowest BCUT2D eigenvalue weighted by molar-refractivity contribution is 0.0588. The van der Waals surface area contributed by atoms with Crippen LogP contribution in [0.4, 0.5) is 0 Å². The molecule has 1 unspecified atom stereocenters. The van der Waals surface area contributed by atoms with E-state index in [1.165, 1.54) is 18.4 Å². The van der Waals surface area contributed by atoms with Crippen LogP contribution in [0.25, 0.3) is 10.6 Å². The molecule has 0 aliphatic heterocycles. The second-order valence-electron chi connectivity index (χ2n) is 4.60. The number of aromatic nitrogens is 1. The van der Waals surface area contributed by atoms with Crippen LogP contribution in [0.2, 0.25) is 0 Å². The number of nitrogens with zero attached hydrogens (tertiary/aromatic N) is 1. The van der Waals surface area contributed by atoms with Crippen LogP contribution in [-0.2, 0) is 4.74 Å². The van der Waals surface area contributed by atoms with Gasteiger partial charge in [-0.1, -0.05) is 0 Å². The zero-order valence-corrected chi connectivity index (χ0v) is 13.6. The standard InChI is InChI=1S/C14H18N2O3S2/c1-9-12(13(18)15-5-3-11(17)7-19-2)21-14(16-9)10-4-6-20-8-10/h4,6,8,11,17H,3,5,7H2,1-2H3,(H,15,18). The Balaban J connectivity index is 1.94. The Morgan fingerprint density at radius 1 is 1.57 bits per heavy atom. The Morgan fingerprint density at radius 3 is 3.05 bits per heavy atom. The molecule has 0 radical (unpaired) electrons. The minimum absolute atomic E-state index is 0.143. The van der Waals surface area contributed by atoms with Crippen LogP contribution < -0.4 is 5.32 Å². The van der Waals surface area contributed by atoms with Gasteiger partial charge in [-0.15, -0.1) is 11.3 Å². The van der Waals surface area contributed by atoms with E-state index in [0.29, 0.717) is 17.8 Å². The minimum atomic E-state index is -0.556. The number of rotatable bonds is 7. The minimum Gasteiger partial charge on any atom is -0.391 e. The van der Waals surface area contributed by atoms with Gasteiger partial charge in [0.15, 0.2) is 0 Å². The van der Waals surface area contributed by atoms with E-state index in [4.69, 9.17) is 4.74 Å². The van der Waals surface area contributed by atoms with Gasteiger partial charge in [0.1, 0.15) is 9.88 Å². The first kappa shape index (κ1) is 16.1. The summed E-state index contributed by atoms with van der Waals surface area (Å²) in [6.45, 7) is 2.52. The van der Waals surface area contributed by atoms with Crippen molar-refractivity contribution in [3.63, 3.8) is 0 Å². The van der Waals surface area contributed by atoms with E-state index in [1.807, 2.05) is 23.8 Å². The summed E-state index contributed by atoms with van der Waals surface area (Å²) >= 11 is 3.00. The van der Waals surface area contributed by atoms with Gasteiger partial charge in [0.05, 0.1) is 18.4 Å². The largest absolute Gasteiger partial charge is 0.391 e. The molecule has 2 N–H and O–H groups in total. The van der Waals surface area contributed by atoms with Crippen molar-refractivity contribution in [1.29, 1.82) is 0 Å². The third kappa shape index (κ3) is 4.34. The summed E-state index contributed by atoms with van der Waals surface area (Å²) in [5, 5.41) is 17.2. The average molecular weight is 326 g/mol. The molecule has 0 aromatic carbocycles. The molecule has 2 rings (SSSR count). The molecule has 1 amide bonds. The van der Waals surface area contributed by atoms with E-state index in [2.05, 4.69) is 10.3 Å². The lowest BCUT2D eigenvalue weighted by Crippen LogP contribution is -2.28. The molecule has 114 valence electrons. The van der Waals surface area contributed by atoms with Crippen molar-refractivity contribution in [2.24, 2.45) is 0 Å². The van der Waals surface area contributed by atoms with E-state index in [1.54, 1.807) is 11.3 Å². The normalized spacial score (nSPS) is 12.3. The Morgan fingerprint density at radius 2 is 2.38 bits per heavy atom. The molecule has 0 spiro atoms. The van der Waals surface area contributed by atoms with Crippen molar-refractivity contribution >= 4 is 28.6 Å². The van der Waals surface area contributed by atoms with Gasteiger partial charge in [0, 0.05) is 24.6 Å². The van der Waals surface area contributed by atoms with E-state index in [9.17, 15) is 9.90 Å². The van der Waals surface area contributed by atoms with Gasteiger partial charge in [-0.05, 0) is 24.8 Å². The quantitative estimate of drug-likeness (QED) is 0.819. The van der Waals surface area contributed by atoms with Crippen LogP contribution in [-0.4, -0.2) is 42.4 Å². The van der Waals surface area contributed by atoms with E-state index >= 15 is 0 Å². The van der Waals surface area contributed by atoms with Crippen molar-refractivity contribution in [1.82, 2.24) is 10.3 Å². The van der Waals surface area contributed by atoms with Crippen LogP contribution in [0.3, 0.4) is 0 Å². The van der Waals surface area contributed by atoms with Crippen molar-refractivity contribution < 1.29 is 14.6 Å². The predicted octanol–water partition coefficient (Wildman–Crippen LogP) is 2.31. The van der Waals surface area contributed by atoms with Gasteiger partial charge in [-0.3, -0.25) is 4.79 Å². The highest BCUT2D eigenvalue weighted by atomic mass is 32.1. The summed E-state index contributed by atoms with van der Waals surface area (Å²) in [6.07, 6.45) is -0.0892. The van der Waals surface area contributed by atoms with Crippen LogP contribution in [0.5, 0.6) is 0 Å². The van der Waals surface area contributed by atoms with Gasteiger partial charge in [0.25, 0.3) is 5.91 Å². The first-order valence-corrected chi connectivity index (χ1v) is 8.33. The average Bonchev–Trinajstić information content (AvgIpc) is 3.07. The maximum atomic E-state index is 12.1. The summed E-state index contributed by atoms with van der Waals surface area (Å²) in [4.78, 5) is 17.2. The fourth-order valence-electron chi connectivity index (χ4n) is 1.83. The fraction of sp³-hybridized carbons (Fsp3) is 0.429. The Labute approximate surface area is 131 Å². The first-order valence-electron chi connectivity index (χ1n) is 6.57. The van der Waals surface area contributed by atoms with Gasteiger partial charge < -0.3 is 15.2 Å². The molecule has 7 heteroatoms. The number of amides is 1. The maximum Gasteiger partial charge on any atom is 0.263 e. The van der Waals surface area contributed by atoms with Crippen molar-refractivity contribution in [2.45, 2.75) is 19.4 Å². The molecule has 0 fully saturated rings. The molecule has 0 saturated heterocycles. The van der Waals surface area contributed by atoms with Crippen LogP contribution in [0.1, 0.15) is 21.8 Å². The van der Waals surface area contributed by atoms with Crippen LogP contribution >= 0.6 is 22.7 Å². The van der Waals surface area contributed by atoms with Crippen molar-refractivity contribution in [3.8, 4) is 10.6 Å². The number of methoxy groups -OCH3 is 1. The summed E-state index contributed by atoms with van der Waals surface area (Å²) in [6, 6.07) is 1.99. The van der Waals surface area contributed by atoms with Gasteiger partial charge in [0.2, 0.25) is 0 Å². The number of thiazole rings is 1. The third-order valence-corrected chi connectivity index (χ3v) is 4.78. The van der Waals surface area contributed by atoms with Crippen LogP contribution in [0.15, 0.2) is 16.8 Å². The zero-order valence-electron chi connectivity index (χ0n) is 12.0. The Bertz CT molecular complexity index is 581. The van der Waals surface area contributed by atoms with Crippen molar-refractivity contribution in [3.05, 3.63) is 27.4 Å². The number of hydrogen-bond acceptors (Lipinski definition) is 6. The number of aliphatic hydroxyl groups excluding tert-OH is 1. The lowest BCUT2D eigenvalue weighted by atomic mass is 10.2. The smallest absolute Gasteiger partial charge is 0.263 e. The molecule has 0 saturated carbocycles. The Kier molecular flexibility index (Phi) is 5.86. The third-order valence-electron chi connectivity index (χ3n) is 2.89. The topological polar surface area (TPSA) is 71.5 Å². The second-order valence-corrected chi connectivity index (χ2v) is 6.38. The van der Waals surface area contributed by atoms with Crippen molar-refractivity contribution in [2.75, 3.05) is 20.3 Å². The Hall–Kier alpha value is -1.28. The molecule has 5 nitrogen and oxygen atoms in total. The SMILES string of the molecule is COCC(O)CCNC(=O)c1sc(-c2ccsc2)nc1C. The summed E-state index contributed by atoms with van der Waals surface area (Å²) in [5.41, 5.74) is 1.78. The van der Waals surface area contributed by atoms with E-state index in [-0.39, 0.29) is 12.5 Å². The molecule has 1 atom stereocenters. The fourth-order valence-corrected chi connectivity index (χ4v) is 3.52. The molecular formula is C14H18N2O3S2. The summed E-state index contributed by atoms with van der Waals surface area (Å²) in [7, 11) is 1.54. The highest BCUT2D eigenvalue weighted by Gasteiger charge is 2.16. The molecule has 2 aromatic heterocycles. The predicted molar refractivity (Wildman–Crippen MR) is 85.0 cm³/mol. The van der Waals surface area contributed by atoms with Crippen LogP contribution in [0, 0.1) is 6.92 Å². The van der Waals surface area contributed by atoms with Gasteiger partial charge in [-0.25, -0.2) is 4.98 Å². The van der Waals surface area contributed by atoms with Gasteiger partial charge in [-0.2, -0.15) is 11.3 Å². The molecule has 0 aliphatic rings.